The van der Waals surface area contributed by atoms with Crippen LogP contribution < -0.4 is 14.8 Å². The number of anilines is 2. The molecule has 164 valence electrons. The second-order valence-corrected chi connectivity index (χ2v) is 8.50. The van der Waals surface area contributed by atoms with Gasteiger partial charge >= 0.3 is 0 Å². The molecule has 32 heavy (non-hydrogen) atoms. The smallest absolute Gasteiger partial charge is 0.272 e. The molecule has 1 heterocycles. The highest BCUT2D eigenvalue weighted by Crippen LogP contribution is 2.30. The average Bonchev–Trinajstić information content (AvgIpc) is 3.20. The Labute approximate surface area is 182 Å². The van der Waals surface area contributed by atoms with Gasteiger partial charge in [0.15, 0.2) is 0 Å². The molecule has 7 nitrogen and oxygen atoms in total. The van der Waals surface area contributed by atoms with E-state index in [-0.39, 0.29) is 33.1 Å². The van der Waals surface area contributed by atoms with Gasteiger partial charge in [-0.25, -0.2) is 17.2 Å². The van der Waals surface area contributed by atoms with Crippen LogP contribution in [-0.4, -0.2) is 26.4 Å². The normalized spacial score (nSPS) is 11.3. The molecule has 1 amide bonds. The highest BCUT2D eigenvalue weighted by molar-refractivity contribution is 7.92. The molecule has 0 unspecified atom stereocenters. The van der Waals surface area contributed by atoms with Crippen LogP contribution in [0.1, 0.15) is 10.5 Å². The number of carbonyl (C=O) groups excluding carboxylic acids is 1. The molecule has 0 aliphatic heterocycles. The van der Waals surface area contributed by atoms with E-state index in [1.807, 2.05) is 0 Å². The van der Waals surface area contributed by atoms with E-state index < -0.39 is 27.6 Å². The summed E-state index contributed by atoms with van der Waals surface area (Å²) in [6.45, 7) is 0. The summed E-state index contributed by atoms with van der Waals surface area (Å²) in [6, 6.07) is 14.6. The monoisotopic (exact) mass is 457 g/mol. The number of carbonyl (C=O) groups is 1. The fraction of sp³-hybridized carbons (Fsp3) is 0.0455. The topological polar surface area (TPSA) is 100 Å². The number of nitrogens with one attached hydrogen (secondary N) is 3. The second kappa shape index (κ2) is 8.31. The minimum absolute atomic E-state index is 0.0670. The van der Waals surface area contributed by atoms with E-state index in [9.17, 15) is 22.0 Å². The maximum Gasteiger partial charge on any atom is 0.272 e. The van der Waals surface area contributed by atoms with Crippen LogP contribution in [-0.2, 0) is 10.0 Å². The summed E-state index contributed by atoms with van der Waals surface area (Å²) in [4.78, 5) is 15.3. The van der Waals surface area contributed by atoms with Gasteiger partial charge in [-0.05, 0) is 60.7 Å². The fourth-order valence-corrected chi connectivity index (χ4v) is 4.18. The van der Waals surface area contributed by atoms with Crippen LogP contribution in [0.25, 0.3) is 10.9 Å². The standard InChI is InChI=1S/C22H17F2N3O4S/c1-31-21-10-7-14(11-19(21)27-32(29,30)15-8-5-13(23)6-9-15)25-22(28)20-12-16-17(24)3-2-4-18(16)26-20/h2-12,26-27H,1H3,(H,25,28). The van der Waals surface area contributed by atoms with Crippen molar-refractivity contribution in [1.82, 2.24) is 4.98 Å². The van der Waals surface area contributed by atoms with Gasteiger partial charge in [-0.3, -0.25) is 9.52 Å². The van der Waals surface area contributed by atoms with E-state index in [0.717, 1.165) is 24.3 Å². The Morgan fingerprint density at radius 1 is 1.00 bits per heavy atom. The number of halogens is 2. The Morgan fingerprint density at radius 3 is 2.44 bits per heavy atom. The number of fused-ring (bicyclic) bond motifs is 1. The number of rotatable bonds is 6. The molecule has 3 N–H and O–H groups in total. The number of methoxy groups -OCH3 is 1. The summed E-state index contributed by atoms with van der Waals surface area (Å²) in [7, 11) is -2.68. The number of H-pyrrole nitrogens is 1. The lowest BCUT2D eigenvalue weighted by molar-refractivity contribution is 0.102. The summed E-state index contributed by atoms with van der Waals surface area (Å²) in [6.07, 6.45) is 0. The first-order chi connectivity index (χ1) is 15.3. The van der Waals surface area contributed by atoms with Gasteiger partial charge in [0.2, 0.25) is 0 Å². The maximum atomic E-state index is 13.9. The molecule has 0 saturated carbocycles. The van der Waals surface area contributed by atoms with Crippen molar-refractivity contribution in [1.29, 1.82) is 0 Å². The lowest BCUT2D eigenvalue weighted by atomic mass is 10.2. The molecule has 0 atom stereocenters. The first-order valence-electron chi connectivity index (χ1n) is 9.32. The minimum Gasteiger partial charge on any atom is -0.495 e. The number of ether oxygens (including phenoxy) is 1. The van der Waals surface area contributed by atoms with Gasteiger partial charge in [0.1, 0.15) is 23.1 Å². The number of hydrogen-bond acceptors (Lipinski definition) is 4. The molecular weight excluding hydrogens is 440 g/mol. The van der Waals surface area contributed by atoms with Crippen LogP contribution in [0.4, 0.5) is 20.2 Å². The predicted octanol–water partition coefficient (Wildman–Crippen LogP) is 4.51. The molecule has 0 aliphatic rings. The van der Waals surface area contributed by atoms with Gasteiger partial charge in [-0.1, -0.05) is 6.07 Å². The SMILES string of the molecule is COc1ccc(NC(=O)c2cc3c(F)cccc3[nH]2)cc1NS(=O)(=O)c1ccc(F)cc1. The van der Waals surface area contributed by atoms with Gasteiger partial charge in [-0.2, -0.15) is 0 Å². The number of amides is 1. The Balaban J connectivity index is 1.60. The van der Waals surface area contributed by atoms with E-state index in [0.29, 0.717) is 5.52 Å². The van der Waals surface area contributed by atoms with Crippen molar-refractivity contribution in [3.63, 3.8) is 0 Å². The van der Waals surface area contributed by atoms with Crippen molar-refractivity contribution >= 4 is 38.2 Å². The van der Waals surface area contributed by atoms with Crippen LogP contribution in [0.5, 0.6) is 5.75 Å². The predicted molar refractivity (Wildman–Crippen MR) is 116 cm³/mol. The van der Waals surface area contributed by atoms with E-state index in [1.165, 1.54) is 43.5 Å². The van der Waals surface area contributed by atoms with Crippen LogP contribution in [0, 0.1) is 11.6 Å². The van der Waals surface area contributed by atoms with Crippen LogP contribution in [0.2, 0.25) is 0 Å². The molecule has 0 spiro atoms. The Hall–Kier alpha value is -3.92. The van der Waals surface area contributed by atoms with E-state index in [2.05, 4.69) is 15.0 Å². The summed E-state index contributed by atoms with van der Waals surface area (Å²) in [5.74, 6) is -1.36. The van der Waals surface area contributed by atoms with Crippen LogP contribution in [0.15, 0.2) is 71.6 Å². The fourth-order valence-electron chi connectivity index (χ4n) is 3.12. The van der Waals surface area contributed by atoms with Crippen molar-refractivity contribution in [2.24, 2.45) is 0 Å². The average molecular weight is 457 g/mol. The first kappa shape index (κ1) is 21.3. The Kier molecular flexibility index (Phi) is 5.54. The molecule has 0 bridgehead atoms. The molecular formula is C22H17F2N3O4S. The summed E-state index contributed by atoms with van der Waals surface area (Å²) < 4.78 is 59.9. The zero-order chi connectivity index (χ0) is 22.9. The number of aromatic nitrogens is 1. The lowest BCUT2D eigenvalue weighted by Crippen LogP contribution is -2.15. The number of hydrogen-bond donors (Lipinski definition) is 3. The summed E-state index contributed by atoms with van der Waals surface area (Å²) in [5, 5.41) is 2.91. The second-order valence-electron chi connectivity index (χ2n) is 6.81. The zero-order valence-electron chi connectivity index (χ0n) is 16.6. The van der Waals surface area contributed by atoms with Gasteiger partial charge in [0, 0.05) is 16.6 Å². The maximum absolute atomic E-state index is 13.9. The molecule has 4 rings (SSSR count). The number of benzene rings is 3. The highest BCUT2D eigenvalue weighted by atomic mass is 32.2. The summed E-state index contributed by atoms with van der Waals surface area (Å²) in [5.41, 5.74) is 0.941. The van der Waals surface area contributed by atoms with Gasteiger partial charge in [0.05, 0.1) is 17.7 Å². The molecule has 0 radical (unpaired) electrons. The van der Waals surface area contributed by atoms with E-state index in [4.69, 9.17) is 4.74 Å². The molecule has 1 aromatic heterocycles. The Morgan fingerprint density at radius 2 is 1.75 bits per heavy atom. The van der Waals surface area contributed by atoms with E-state index >= 15 is 0 Å². The Bertz CT molecular complexity index is 1420. The van der Waals surface area contributed by atoms with Crippen molar-refractivity contribution in [2.75, 3.05) is 17.1 Å². The third-order valence-electron chi connectivity index (χ3n) is 4.68. The molecule has 4 aromatic rings. The lowest BCUT2D eigenvalue weighted by Gasteiger charge is -2.14. The molecule has 0 fully saturated rings. The van der Waals surface area contributed by atoms with Gasteiger partial charge in [-0.15, -0.1) is 0 Å². The van der Waals surface area contributed by atoms with Crippen molar-refractivity contribution in [3.8, 4) is 5.75 Å². The van der Waals surface area contributed by atoms with Crippen LogP contribution in [0.3, 0.4) is 0 Å². The van der Waals surface area contributed by atoms with Crippen molar-refractivity contribution in [2.45, 2.75) is 4.90 Å². The molecule has 3 aromatic carbocycles. The molecule has 10 heteroatoms. The third kappa shape index (κ3) is 4.26. The quantitative estimate of drug-likeness (QED) is 0.397. The molecule has 0 saturated heterocycles. The number of sulfonamides is 1. The summed E-state index contributed by atoms with van der Waals surface area (Å²) >= 11 is 0. The first-order valence-corrected chi connectivity index (χ1v) is 10.8. The van der Waals surface area contributed by atoms with Crippen molar-refractivity contribution < 1.29 is 26.7 Å². The highest BCUT2D eigenvalue weighted by Gasteiger charge is 2.18. The zero-order valence-corrected chi connectivity index (χ0v) is 17.5. The third-order valence-corrected chi connectivity index (χ3v) is 6.06. The van der Waals surface area contributed by atoms with Gasteiger partial charge in [0.25, 0.3) is 15.9 Å². The van der Waals surface area contributed by atoms with Crippen LogP contribution >= 0.6 is 0 Å². The van der Waals surface area contributed by atoms with Gasteiger partial charge < -0.3 is 15.0 Å². The number of aromatic amines is 1. The van der Waals surface area contributed by atoms with E-state index in [1.54, 1.807) is 6.07 Å². The molecule has 0 aliphatic carbocycles. The largest absolute Gasteiger partial charge is 0.495 e. The van der Waals surface area contributed by atoms with Crippen molar-refractivity contribution in [3.05, 3.63) is 84.1 Å². The minimum atomic E-state index is -4.04.